The second-order valence-corrected chi connectivity index (χ2v) is 8.70. The Balaban J connectivity index is 1.73. The molecule has 0 unspecified atom stereocenters. The van der Waals surface area contributed by atoms with Crippen molar-refractivity contribution in [1.82, 2.24) is 4.90 Å². The number of imide groups is 1. The number of rotatable bonds is 7. The zero-order valence-corrected chi connectivity index (χ0v) is 19.1. The lowest BCUT2D eigenvalue weighted by molar-refractivity contribution is -0.149. The number of hydrogen-bond acceptors (Lipinski definition) is 6. The van der Waals surface area contributed by atoms with Crippen molar-refractivity contribution in [2.75, 3.05) is 6.54 Å². The van der Waals surface area contributed by atoms with Crippen molar-refractivity contribution < 1.29 is 23.9 Å². The summed E-state index contributed by atoms with van der Waals surface area (Å²) in [6, 6.07) is 12.7. The van der Waals surface area contributed by atoms with Crippen LogP contribution < -0.4 is 4.74 Å². The van der Waals surface area contributed by atoms with E-state index in [4.69, 9.17) is 32.7 Å². The number of carbonyl (C=O) groups excluding carboxylic acids is 3. The van der Waals surface area contributed by atoms with E-state index >= 15 is 0 Å². The van der Waals surface area contributed by atoms with E-state index in [0.717, 1.165) is 22.2 Å². The first-order valence-corrected chi connectivity index (χ1v) is 10.9. The average Bonchev–Trinajstić information content (AvgIpc) is 2.95. The van der Waals surface area contributed by atoms with Crippen LogP contribution in [0.5, 0.6) is 5.75 Å². The first-order valence-electron chi connectivity index (χ1n) is 9.35. The summed E-state index contributed by atoms with van der Waals surface area (Å²) in [6.45, 7) is 3.23. The van der Waals surface area contributed by atoms with E-state index in [1.807, 2.05) is 30.3 Å². The van der Waals surface area contributed by atoms with Gasteiger partial charge in [-0.2, -0.15) is 0 Å². The van der Waals surface area contributed by atoms with Crippen LogP contribution in [0, 0.1) is 0 Å². The van der Waals surface area contributed by atoms with Gasteiger partial charge in [0.15, 0.2) is 5.75 Å². The second kappa shape index (κ2) is 10.2. The van der Waals surface area contributed by atoms with Crippen LogP contribution in [0.3, 0.4) is 0 Å². The Morgan fingerprint density at radius 1 is 1.13 bits per heavy atom. The molecule has 31 heavy (non-hydrogen) atoms. The Morgan fingerprint density at radius 2 is 1.77 bits per heavy atom. The lowest BCUT2D eigenvalue weighted by Crippen LogP contribution is -2.35. The Labute approximate surface area is 194 Å². The first kappa shape index (κ1) is 23.2. The predicted molar refractivity (Wildman–Crippen MR) is 121 cm³/mol. The maximum atomic E-state index is 12.6. The molecule has 6 nitrogen and oxygen atoms in total. The number of benzene rings is 2. The zero-order chi connectivity index (χ0) is 22.5. The highest BCUT2D eigenvalue weighted by molar-refractivity contribution is 8.18. The van der Waals surface area contributed by atoms with Crippen molar-refractivity contribution >= 4 is 58.2 Å². The summed E-state index contributed by atoms with van der Waals surface area (Å²) in [4.78, 5) is 37.5. The van der Waals surface area contributed by atoms with E-state index in [2.05, 4.69) is 0 Å². The number of esters is 1. The summed E-state index contributed by atoms with van der Waals surface area (Å²) < 4.78 is 10.7. The number of hydrogen-bond donors (Lipinski definition) is 0. The maximum Gasteiger partial charge on any atom is 0.326 e. The fourth-order valence-corrected chi connectivity index (χ4v) is 4.20. The van der Waals surface area contributed by atoms with Gasteiger partial charge in [0.1, 0.15) is 13.2 Å². The minimum absolute atomic E-state index is 0.160. The van der Waals surface area contributed by atoms with Crippen LogP contribution in [0.1, 0.15) is 25.0 Å². The SMILES string of the molecule is CC(C)OC(=O)CN1C(=O)S/C(=C/c2cc(Cl)c(OCc3ccccc3)c(Cl)c2)C1=O. The summed E-state index contributed by atoms with van der Waals surface area (Å²) in [5.74, 6) is -0.897. The molecule has 0 atom stereocenters. The molecule has 162 valence electrons. The van der Waals surface area contributed by atoms with Gasteiger partial charge in [0.2, 0.25) is 0 Å². The Kier molecular flexibility index (Phi) is 7.64. The molecule has 0 radical (unpaired) electrons. The van der Waals surface area contributed by atoms with Crippen molar-refractivity contribution in [3.8, 4) is 5.75 Å². The summed E-state index contributed by atoms with van der Waals surface area (Å²) in [5.41, 5.74) is 1.49. The van der Waals surface area contributed by atoms with Gasteiger partial charge in [0, 0.05) is 0 Å². The first-order chi connectivity index (χ1) is 14.7. The van der Waals surface area contributed by atoms with Gasteiger partial charge in [-0.25, -0.2) is 0 Å². The van der Waals surface area contributed by atoms with E-state index in [9.17, 15) is 14.4 Å². The molecule has 0 aromatic heterocycles. The van der Waals surface area contributed by atoms with Crippen LogP contribution in [-0.2, 0) is 20.9 Å². The molecule has 2 aromatic carbocycles. The van der Waals surface area contributed by atoms with Crippen molar-refractivity contribution in [1.29, 1.82) is 0 Å². The summed E-state index contributed by atoms with van der Waals surface area (Å²) in [5, 5.41) is 0.000747. The molecular weight excluding hydrogens is 461 g/mol. The number of amides is 2. The van der Waals surface area contributed by atoms with E-state index in [1.165, 1.54) is 6.08 Å². The maximum absolute atomic E-state index is 12.6. The molecule has 1 saturated heterocycles. The Bertz CT molecular complexity index is 1020. The molecule has 0 N–H and O–H groups in total. The third-order valence-electron chi connectivity index (χ3n) is 4.07. The van der Waals surface area contributed by atoms with Crippen molar-refractivity contribution in [2.24, 2.45) is 0 Å². The molecule has 0 bridgehead atoms. The van der Waals surface area contributed by atoms with Crippen LogP contribution in [0.2, 0.25) is 10.0 Å². The third kappa shape index (κ3) is 6.03. The number of thioether (sulfide) groups is 1. The summed E-state index contributed by atoms with van der Waals surface area (Å²) >= 11 is 13.4. The molecule has 3 rings (SSSR count). The smallest absolute Gasteiger partial charge is 0.326 e. The van der Waals surface area contributed by atoms with Crippen LogP contribution in [0.25, 0.3) is 6.08 Å². The quantitative estimate of drug-likeness (QED) is 0.382. The summed E-state index contributed by atoms with van der Waals surface area (Å²) in [7, 11) is 0. The molecule has 0 saturated carbocycles. The van der Waals surface area contributed by atoms with Crippen LogP contribution in [0.15, 0.2) is 47.4 Å². The van der Waals surface area contributed by atoms with Gasteiger partial charge in [0.25, 0.3) is 11.1 Å². The lowest BCUT2D eigenvalue weighted by Gasteiger charge is -2.13. The zero-order valence-electron chi connectivity index (χ0n) is 16.8. The molecule has 1 aliphatic heterocycles. The van der Waals surface area contributed by atoms with Crippen molar-refractivity contribution in [2.45, 2.75) is 26.6 Å². The molecule has 1 fully saturated rings. The molecule has 2 amide bonds. The predicted octanol–water partition coefficient (Wildman–Crippen LogP) is 5.56. The third-order valence-corrected chi connectivity index (χ3v) is 5.54. The van der Waals surface area contributed by atoms with Crippen LogP contribution in [0.4, 0.5) is 4.79 Å². The Hall–Kier alpha value is -2.48. The highest BCUT2D eigenvalue weighted by Gasteiger charge is 2.36. The fourth-order valence-electron chi connectivity index (χ4n) is 2.75. The normalized spacial score (nSPS) is 15.1. The van der Waals surface area contributed by atoms with Gasteiger partial charge < -0.3 is 9.47 Å². The minimum atomic E-state index is -0.649. The van der Waals surface area contributed by atoms with Gasteiger partial charge >= 0.3 is 5.97 Å². The molecule has 0 aliphatic carbocycles. The van der Waals surface area contributed by atoms with E-state index in [0.29, 0.717) is 17.9 Å². The van der Waals surface area contributed by atoms with Gasteiger partial charge in [-0.15, -0.1) is 0 Å². The largest absolute Gasteiger partial charge is 0.486 e. The molecular formula is C22H19Cl2NO5S. The topological polar surface area (TPSA) is 72.9 Å². The molecule has 1 heterocycles. The molecule has 0 spiro atoms. The van der Waals surface area contributed by atoms with Gasteiger partial charge in [-0.1, -0.05) is 53.5 Å². The monoisotopic (exact) mass is 479 g/mol. The van der Waals surface area contributed by atoms with Gasteiger partial charge in [-0.3, -0.25) is 19.3 Å². The van der Waals surface area contributed by atoms with E-state index in [-0.39, 0.29) is 21.1 Å². The summed E-state index contributed by atoms with van der Waals surface area (Å²) in [6.07, 6.45) is 1.16. The standard InChI is InChI=1S/C22H19Cl2NO5S/c1-13(2)30-19(26)11-25-21(27)18(31-22(25)28)10-15-8-16(23)20(17(24)9-15)29-12-14-6-4-3-5-7-14/h3-10,13H,11-12H2,1-2H3/b18-10+. The van der Waals surface area contributed by atoms with Crippen molar-refractivity contribution in [3.05, 3.63) is 68.5 Å². The average molecular weight is 480 g/mol. The fraction of sp³-hybridized carbons (Fsp3) is 0.227. The molecule has 9 heteroatoms. The van der Waals surface area contributed by atoms with E-state index in [1.54, 1.807) is 26.0 Å². The van der Waals surface area contributed by atoms with Crippen LogP contribution >= 0.6 is 35.0 Å². The lowest BCUT2D eigenvalue weighted by atomic mass is 10.2. The highest BCUT2D eigenvalue weighted by Crippen LogP contribution is 2.37. The number of carbonyl (C=O) groups is 3. The van der Waals surface area contributed by atoms with E-state index < -0.39 is 23.7 Å². The second-order valence-electron chi connectivity index (χ2n) is 6.89. The highest BCUT2D eigenvalue weighted by atomic mass is 35.5. The van der Waals surface area contributed by atoms with Gasteiger partial charge in [-0.05, 0) is 54.9 Å². The minimum Gasteiger partial charge on any atom is -0.486 e. The van der Waals surface area contributed by atoms with Gasteiger partial charge in [0.05, 0.1) is 21.1 Å². The molecule has 1 aliphatic rings. The number of nitrogens with zero attached hydrogens (tertiary/aromatic N) is 1. The molecule has 2 aromatic rings. The Morgan fingerprint density at radius 3 is 2.39 bits per heavy atom. The van der Waals surface area contributed by atoms with Crippen molar-refractivity contribution in [3.63, 3.8) is 0 Å². The number of halogens is 2. The van der Waals surface area contributed by atoms with Crippen LogP contribution in [-0.4, -0.2) is 34.7 Å². The number of ether oxygens (including phenoxy) is 2.